The van der Waals surface area contributed by atoms with E-state index >= 15 is 0 Å². The minimum atomic E-state index is -0.797. The third-order valence-electron chi connectivity index (χ3n) is 2.83. The Morgan fingerprint density at radius 1 is 1.64 bits per heavy atom. The summed E-state index contributed by atoms with van der Waals surface area (Å²) >= 11 is 0. The van der Waals surface area contributed by atoms with Crippen LogP contribution in [-0.4, -0.2) is 24.2 Å². The fourth-order valence-electron chi connectivity index (χ4n) is 1.53. The molecule has 1 fully saturated rings. The molecule has 0 heterocycles. The van der Waals surface area contributed by atoms with Crippen LogP contribution in [0.3, 0.4) is 0 Å². The molecule has 2 unspecified atom stereocenters. The van der Waals surface area contributed by atoms with Crippen LogP contribution in [0.25, 0.3) is 0 Å². The van der Waals surface area contributed by atoms with Gasteiger partial charge in [0.25, 0.3) is 0 Å². The molecular weight excluding hydrogens is 178 g/mol. The minimum Gasteiger partial charge on any atom is -0.478 e. The second kappa shape index (κ2) is 5.15. The van der Waals surface area contributed by atoms with Crippen LogP contribution < -0.4 is 5.32 Å². The molecule has 0 aliphatic heterocycles. The highest BCUT2D eigenvalue weighted by Gasteiger charge is 2.31. The van der Waals surface area contributed by atoms with E-state index < -0.39 is 5.97 Å². The van der Waals surface area contributed by atoms with Gasteiger partial charge in [0.15, 0.2) is 0 Å². The van der Waals surface area contributed by atoms with Crippen molar-refractivity contribution in [1.29, 1.82) is 0 Å². The molecule has 1 aliphatic carbocycles. The predicted octanol–water partition coefficient (Wildman–Crippen LogP) is 1.65. The lowest BCUT2D eigenvalue weighted by atomic mass is 10.2. The molecule has 0 aromatic heterocycles. The Labute approximate surface area is 85.2 Å². The molecule has 0 bridgehead atoms. The molecule has 2 N–H and O–H groups in total. The van der Waals surface area contributed by atoms with Crippen molar-refractivity contribution in [2.45, 2.75) is 26.7 Å². The first kappa shape index (κ1) is 11.2. The summed E-state index contributed by atoms with van der Waals surface area (Å²) in [5.41, 5.74) is 0.501. The van der Waals surface area contributed by atoms with Crippen molar-refractivity contribution in [3.63, 3.8) is 0 Å². The molecule has 1 aliphatic rings. The third-order valence-corrected chi connectivity index (χ3v) is 2.83. The first-order chi connectivity index (χ1) is 6.65. The number of aliphatic carboxylic acids is 1. The standard InChI is InChI=1S/C11H19NO2/c1-3-9(11(13)14)4-5-12-7-10-6-8(10)2/h4,8,10,12H,3,5-7H2,1-2H3,(H,13,14). The minimum absolute atomic E-state index is 0.501. The fourth-order valence-corrected chi connectivity index (χ4v) is 1.53. The lowest BCUT2D eigenvalue weighted by molar-refractivity contribution is -0.132. The van der Waals surface area contributed by atoms with Gasteiger partial charge in [-0.15, -0.1) is 0 Å². The Morgan fingerprint density at radius 2 is 2.29 bits per heavy atom. The second-order valence-electron chi connectivity index (χ2n) is 4.02. The highest BCUT2D eigenvalue weighted by Crippen LogP contribution is 2.36. The van der Waals surface area contributed by atoms with Gasteiger partial charge in [-0.05, 0) is 31.2 Å². The molecule has 80 valence electrons. The highest BCUT2D eigenvalue weighted by atomic mass is 16.4. The van der Waals surface area contributed by atoms with E-state index in [1.54, 1.807) is 6.08 Å². The smallest absolute Gasteiger partial charge is 0.331 e. The van der Waals surface area contributed by atoms with E-state index in [9.17, 15) is 4.79 Å². The van der Waals surface area contributed by atoms with Gasteiger partial charge in [-0.1, -0.05) is 19.9 Å². The van der Waals surface area contributed by atoms with E-state index in [2.05, 4.69) is 12.2 Å². The van der Waals surface area contributed by atoms with Crippen molar-refractivity contribution in [1.82, 2.24) is 5.32 Å². The number of carboxylic acid groups (broad SMARTS) is 1. The van der Waals surface area contributed by atoms with Crippen molar-refractivity contribution in [2.24, 2.45) is 11.8 Å². The average Bonchev–Trinajstić information content (AvgIpc) is 2.81. The summed E-state index contributed by atoms with van der Waals surface area (Å²) in [4.78, 5) is 10.6. The van der Waals surface area contributed by atoms with Gasteiger partial charge in [-0.2, -0.15) is 0 Å². The van der Waals surface area contributed by atoms with Crippen LogP contribution in [0.15, 0.2) is 11.6 Å². The molecule has 1 rings (SSSR count). The lowest BCUT2D eigenvalue weighted by Crippen LogP contribution is -2.18. The molecule has 0 amide bonds. The summed E-state index contributed by atoms with van der Waals surface area (Å²) in [6.07, 6.45) is 3.68. The SMILES string of the molecule is CCC(=CCNCC1CC1C)C(=O)O. The van der Waals surface area contributed by atoms with Crippen LogP contribution in [0, 0.1) is 11.8 Å². The van der Waals surface area contributed by atoms with E-state index in [1.165, 1.54) is 6.42 Å². The molecule has 2 atom stereocenters. The molecule has 0 saturated heterocycles. The van der Waals surface area contributed by atoms with E-state index in [1.807, 2.05) is 6.92 Å². The summed E-state index contributed by atoms with van der Waals surface area (Å²) < 4.78 is 0. The molecule has 1 saturated carbocycles. The Bertz CT molecular complexity index is 235. The van der Waals surface area contributed by atoms with Crippen molar-refractivity contribution in [2.75, 3.05) is 13.1 Å². The van der Waals surface area contributed by atoms with E-state index in [0.717, 1.165) is 18.4 Å². The number of carboxylic acids is 1. The molecule has 0 aromatic rings. The zero-order chi connectivity index (χ0) is 10.6. The van der Waals surface area contributed by atoms with Crippen LogP contribution in [0.5, 0.6) is 0 Å². The number of nitrogens with one attached hydrogen (secondary N) is 1. The van der Waals surface area contributed by atoms with Gasteiger partial charge in [-0.3, -0.25) is 0 Å². The maximum atomic E-state index is 10.6. The summed E-state index contributed by atoms with van der Waals surface area (Å²) in [5, 5.41) is 12.0. The maximum Gasteiger partial charge on any atom is 0.331 e. The molecule has 3 nitrogen and oxygen atoms in total. The summed E-state index contributed by atoms with van der Waals surface area (Å²) in [6, 6.07) is 0. The second-order valence-corrected chi connectivity index (χ2v) is 4.02. The molecule has 3 heteroatoms. The van der Waals surface area contributed by atoms with Crippen LogP contribution >= 0.6 is 0 Å². The largest absolute Gasteiger partial charge is 0.478 e. The van der Waals surface area contributed by atoms with Gasteiger partial charge >= 0.3 is 5.97 Å². The Morgan fingerprint density at radius 3 is 2.71 bits per heavy atom. The van der Waals surface area contributed by atoms with Gasteiger partial charge in [0.1, 0.15) is 0 Å². The number of rotatable bonds is 6. The Hall–Kier alpha value is -0.830. The van der Waals surface area contributed by atoms with Gasteiger partial charge in [0.2, 0.25) is 0 Å². The summed E-state index contributed by atoms with van der Waals surface area (Å²) in [5.74, 6) is 0.879. The topological polar surface area (TPSA) is 49.3 Å². The van der Waals surface area contributed by atoms with Gasteiger partial charge in [-0.25, -0.2) is 4.79 Å². The Balaban J connectivity index is 2.14. The summed E-state index contributed by atoms with van der Waals surface area (Å²) in [7, 11) is 0. The molecule has 14 heavy (non-hydrogen) atoms. The monoisotopic (exact) mass is 197 g/mol. The first-order valence-electron chi connectivity index (χ1n) is 5.28. The third kappa shape index (κ3) is 3.50. The molecule has 0 radical (unpaired) electrons. The normalized spacial score (nSPS) is 26.3. The van der Waals surface area contributed by atoms with Crippen molar-refractivity contribution < 1.29 is 9.90 Å². The maximum absolute atomic E-state index is 10.6. The fraction of sp³-hybridized carbons (Fsp3) is 0.727. The lowest BCUT2D eigenvalue weighted by Gasteiger charge is -2.01. The van der Waals surface area contributed by atoms with Crippen molar-refractivity contribution in [3.8, 4) is 0 Å². The van der Waals surface area contributed by atoms with E-state index in [-0.39, 0.29) is 0 Å². The quantitative estimate of drug-likeness (QED) is 0.503. The van der Waals surface area contributed by atoms with Crippen LogP contribution in [0.2, 0.25) is 0 Å². The zero-order valence-corrected chi connectivity index (χ0v) is 8.92. The average molecular weight is 197 g/mol. The Kier molecular flexibility index (Phi) is 4.14. The van der Waals surface area contributed by atoms with Crippen LogP contribution in [0.1, 0.15) is 26.7 Å². The molecule has 0 spiro atoms. The number of hydrogen-bond donors (Lipinski definition) is 2. The molecule has 0 aromatic carbocycles. The highest BCUT2D eigenvalue weighted by molar-refractivity contribution is 5.86. The van der Waals surface area contributed by atoms with Crippen LogP contribution in [0.4, 0.5) is 0 Å². The van der Waals surface area contributed by atoms with Crippen molar-refractivity contribution in [3.05, 3.63) is 11.6 Å². The first-order valence-corrected chi connectivity index (χ1v) is 5.28. The van der Waals surface area contributed by atoms with E-state index in [4.69, 9.17) is 5.11 Å². The van der Waals surface area contributed by atoms with Crippen molar-refractivity contribution >= 4 is 5.97 Å². The number of hydrogen-bond acceptors (Lipinski definition) is 2. The van der Waals surface area contributed by atoms with Gasteiger partial charge in [0.05, 0.1) is 0 Å². The van der Waals surface area contributed by atoms with Gasteiger partial charge < -0.3 is 10.4 Å². The van der Waals surface area contributed by atoms with Crippen LogP contribution in [-0.2, 0) is 4.79 Å². The number of carbonyl (C=O) groups is 1. The van der Waals surface area contributed by atoms with E-state index in [0.29, 0.717) is 18.5 Å². The predicted molar refractivity (Wildman–Crippen MR) is 56.2 cm³/mol. The zero-order valence-electron chi connectivity index (χ0n) is 8.92. The van der Waals surface area contributed by atoms with Gasteiger partial charge in [0, 0.05) is 12.1 Å². The molecular formula is C11H19NO2. The summed E-state index contributed by atoms with van der Waals surface area (Å²) in [6.45, 7) is 5.81.